The Morgan fingerprint density at radius 3 is 2.35 bits per heavy atom. The maximum absolute atomic E-state index is 12.7. The quantitative estimate of drug-likeness (QED) is 0.449. The van der Waals surface area contributed by atoms with E-state index in [0.717, 1.165) is 11.8 Å². The number of carbonyl (C=O) groups excluding carboxylic acids is 3. The molecule has 10 heteroatoms. The second-order valence-corrected chi connectivity index (χ2v) is 8.88. The zero-order valence-corrected chi connectivity index (χ0v) is 19.2. The lowest BCUT2D eigenvalue weighted by Gasteiger charge is -2.09. The van der Waals surface area contributed by atoms with Crippen LogP contribution in [0.25, 0.3) is 0 Å². The lowest BCUT2D eigenvalue weighted by molar-refractivity contribution is 0.0497. The highest BCUT2D eigenvalue weighted by atomic mass is 32.2. The van der Waals surface area contributed by atoms with Crippen molar-refractivity contribution >= 4 is 27.8 Å². The highest BCUT2D eigenvalue weighted by Gasteiger charge is 2.21. The van der Waals surface area contributed by atoms with Crippen LogP contribution in [0.3, 0.4) is 0 Å². The summed E-state index contributed by atoms with van der Waals surface area (Å²) in [6.45, 7) is 2.37. The number of ether oxygens (including phenoxy) is 1. The smallest absolute Gasteiger partial charge is 0.356 e. The Labute approximate surface area is 197 Å². The molecule has 2 N–H and O–H groups in total. The average molecular weight is 482 g/mol. The number of nitrogens with zero attached hydrogens (tertiary/aromatic N) is 1. The maximum Gasteiger partial charge on any atom is 0.356 e. The zero-order valence-electron chi connectivity index (χ0n) is 18.4. The van der Waals surface area contributed by atoms with Crippen molar-refractivity contribution in [2.24, 2.45) is 0 Å². The third-order valence-electron chi connectivity index (χ3n) is 4.60. The second-order valence-electron chi connectivity index (χ2n) is 7.20. The summed E-state index contributed by atoms with van der Waals surface area (Å²) in [6, 6.07) is 17.1. The van der Waals surface area contributed by atoms with Gasteiger partial charge in [0.05, 0.1) is 17.1 Å². The van der Waals surface area contributed by atoms with Crippen LogP contribution in [-0.2, 0) is 21.3 Å². The molecule has 0 aliphatic heterocycles. The number of rotatable bonds is 9. The third kappa shape index (κ3) is 6.48. The Bertz CT molecular complexity index is 1280. The number of hydrogen-bond acceptors (Lipinski definition) is 7. The number of hydrogen-bond donors (Lipinski definition) is 2. The number of esters is 1. The summed E-state index contributed by atoms with van der Waals surface area (Å²) >= 11 is 0. The number of nitrogens with one attached hydrogen (secondary N) is 2. The first kappa shape index (κ1) is 24.6. The molecule has 1 aromatic heterocycles. The van der Waals surface area contributed by atoms with Crippen molar-refractivity contribution < 1.29 is 27.5 Å². The van der Waals surface area contributed by atoms with Crippen molar-refractivity contribution in [3.8, 4) is 0 Å². The summed E-state index contributed by atoms with van der Waals surface area (Å²) in [7, 11) is -4.27. The molecule has 0 aliphatic rings. The Morgan fingerprint density at radius 2 is 1.68 bits per heavy atom. The van der Waals surface area contributed by atoms with E-state index in [-0.39, 0.29) is 34.9 Å². The third-order valence-corrected chi connectivity index (χ3v) is 5.93. The molecule has 0 aliphatic carbocycles. The number of benzene rings is 2. The van der Waals surface area contributed by atoms with Gasteiger partial charge in [-0.25, -0.2) is 22.9 Å². The number of amides is 2. The molecular formula is C24H23N3O6S. The Morgan fingerprint density at radius 1 is 0.912 bits per heavy atom. The van der Waals surface area contributed by atoms with Crippen molar-refractivity contribution in [2.45, 2.75) is 24.8 Å². The second kappa shape index (κ2) is 11.2. The molecule has 34 heavy (non-hydrogen) atoms. The summed E-state index contributed by atoms with van der Waals surface area (Å²) in [5, 5.41) is 2.72. The van der Waals surface area contributed by atoms with E-state index in [2.05, 4.69) is 10.3 Å². The molecule has 0 bridgehead atoms. The summed E-state index contributed by atoms with van der Waals surface area (Å²) in [5.41, 5.74) is 0.961. The minimum atomic E-state index is -4.27. The van der Waals surface area contributed by atoms with Crippen LogP contribution in [0.15, 0.2) is 77.8 Å². The van der Waals surface area contributed by atoms with Crippen LogP contribution < -0.4 is 10.0 Å². The van der Waals surface area contributed by atoms with Gasteiger partial charge in [-0.1, -0.05) is 43.3 Å². The van der Waals surface area contributed by atoms with E-state index < -0.39 is 27.8 Å². The fourth-order valence-corrected chi connectivity index (χ4v) is 3.86. The van der Waals surface area contributed by atoms with Gasteiger partial charge in [0.2, 0.25) is 0 Å². The monoisotopic (exact) mass is 481 g/mol. The van der Waals surface area contributed by atoms with E-state index in [4.69, 9.17) is 4.74 Å². The van der Waals surface area contributed by atoms with Gasteiger partial charge in [0.25, 0.3) is 21.8 Å². The van der Waals surface area contributed by atoms with E-state index in [1.807, 2.05) is 42.0 Å². The maximum atomic E-state index is 12.7. The molecule has 3 rings (SSSR count). The van der Waals surface area contributed by atoms with Gasteiger partial charge < -0.3 is 10.1 Å². The Hall–Kier alpha value is -4.05. The summed E-state index contributed by atoms with van der Waals surface area (Å²) in [5.74, 6) is -2.02. The van der Waals surface area contributed by atoms with Gasteiger partial charge in [0.15, 0.2) is 0 Å². The number of aromatic nitrogens is 1. The highest BCUT2D eigenvalue weighted by Crippen LogP contribution is 2.13. The fourth-order valence-electron chi connectivity index (χ4n) is 2.84. The molecule has 2 aromatic carbocycles. The Balaban J connectivity index is 1.67. The zero-order chi connectivity index (χ0) is 24.6. The number of sulfonamides is 1. The molecular weight excluding hydrogens is 458 g/mol. The van der Waals surface area contributed by atoms with Gasteiger partial charge >= 0.3 is 5.97 Å². The van der Waals surface area contributed by atoms with Crippen LogP contribution in [0.2, 0.25) is 0 Å². The first-order valence-corrected chi connectivity index (χ1v) is 11.9. The summed E-state index contributed by atoms with van der Waals surface area (Å²) < 4.78 is 32.3. The van der Waals surface area contributed by atoms with Gasteiger partial charge in [0.1, 0.15) is 5.69 Å². The van der Waals surface area contributed by atoms with Crippen molar-refractivity contribution in [3.05, 3.63) is 95.3 Å². The van der Waals surface area contributed by atoms with Crippen molar-refractivity contribution in [1.82, 2.24) is 15.0 Å². The standard InChI is InChI=1S/C24H23N3O6S/c1-2-13-33-24(30)21-12-11-19(16-25-21)23(29)27-34(31,32)20-10-6-9-18(14-20)22(28)26-15-17-7-4-3-5-8-17/h3-12,14,16H,2,13,15H2,1H3,(H,26,28)(H,27,29). The van der Waals surface area contributed by atoms with Crippen LogP contribution in [-0.4, -0.2) is 37.8 Å². The topological polar surface area (TPSA) is 132 Å². The largest absolute Gasteiger partial charge is 0.461 e. The predicted octanol–water partition coefficient (Wildman–Crippen LogP) is 2.70. The highest BCUT2D eigenvalue weighted by molar-refractivity contribution is 7.90. The van der Waals surface area contributed by atoms with Crippen LogP contribution >= 0.6 is 0 Å². The molecule has 0 saturated carbocycles. The van der Waals surface area contributed by atoms with E-state index >= 15 is 0 Å². The molecule has 2 amide bonds. The summed E-state index contributed by atoms with van der Waals surface area (Å²) in [6.07, 6.45) is 1.74. The van der Waals surface area contributed by atoms with E-state index in [9.17, 15) is 22.8 Å². The first-order chi connectivity index (χ1) is 16.3. The number of carbonyl (C=O) groups is 3. The molecule has 0 saturated heterocycles. The van der Waals surface area contributed by atoms with Crippen molar-refractivity contribution in [2.75, 3.05) is 6.61 Å². The minimum Gasteiger partial charge on any atom is -0.461 e. The predicted molar refractivity (Wildman–Crippen MR) is 124 cm³/mol. The average Bonchev–Trinajstić information content (AvgIpc) is 2.86. The molecule has 0 unspecified atom stereocenters. The molecule has 0 spiro atoms. The van der Waals surface area contributed by atoms with Gasteiger partial charge in [-0.2, -0.15) is 0 Å². The van der Waals surface area contributed by atoms with Crippen LogP contribution in [0.5, 0.6) is 0 Å². The van der Waals surface area contributed by atoms with E-state index in [0.29, 0.717) is 6.42 Å². The van der Waals surface area contributed by atoms with Crippen LogP contribution in [0, 0.1) is 0 Å². The van der Waals surface area contributed by atoms with Crippen molar-refractivity contribution in [3.63, 3.8) is 0 Å². The van der Waals surface area contributed by atoms with E-state index in [1.54, 1.807) is 0 Å². The lowest BCUT2D eigenvalue weighted by Crippen LogP contribution is -2.31. The SMILES string of the molecule is CCCOC(=O)c1ccc(C(=O)NS(=O)(=O)c2cccc(C(=O)NCc3ccccc3)c2)cn1. The van der Waals surface area contributed by atoms with Crippen LogP contribution in [0.4, 0.5) is 0 Å². The van der Waals surface area contributed by atoms with Gasteiger partial charge in [0, 0.05) is 18.3 Å². The summed E-state index contributed by atoms with van der Waals surface area (Å²) in [4.78, 5) is 40.3. The Kier molecular flexibility index (Phi) is 8.10. The lowest BCUT2D eigenvalue weighted by atomic mass is 10.2. The molecule has 0 atom stereocenters. The molecule has 176 valence electrons. The molecule has 3 aromatic rings. The fraction of sp³-hybridized carbons (Fsp3) is 0.167. The van der Waals surface area contributed by atoms with Crippen molar-refractivity contribution in [1.29, 1.82) is 0 Å². The molecule has 1 heterocycles. The normalized spacial score (nSPS) is 10.9. The van der Waals surface area contributed by atoms with Crippen LogP contribution in [0.1, 0.15) is 50.1 Å². The van der Waals surface area contributed by atoms with E-state index in [1.165, 1.54) is 36.4 Å². The molecule has 9 nitrogen and oxygen atoms in total. The first-order valence-electron chi connectivity index (χ1n) is 10.4. The molecule has 0 fully saturated rings. The van der Waals surface area contributed by atoms with Gasteiger partial charge in [-0.15, -0.1) is 0 Å². The number of pyridine rings is 1. The molecule has 0 radical (unpaired) electrons. The van der Waals surface area contributed by atoms with Gasteiger partial charge in [-0.3, -0.25) is 9.59 Å². The minimum absolute atomic E-state index is 0.00192. The van der Waals surface area contributed by atoms with Gasteiger partial charge in [-0.05, 0) is 42.3 Å².